The molecule has 2 aromatic heterocycles. The first kappa shape index (κ1) is 24.3. The molecule has 0 atom stereocenters. The van der Waals surface area contributed by atoms with Gasteiger partial charge in [-0.15, -0.1) is 0 Å². The topological polar surface area (TPSA) is 121 Å². The van der Waals surface area contributed by atoms with E-state index in [4.69, 9.17) is 14.7 Å². The Balaban J connectivity index is 1.29. The maximum Gasteiger partial charge on any atom is 0.226 e. The number of phenols is 1. The van der Waals surface area contributed by atoms with Gasteiger partial charge in [-0.3, -0.25) is 9.69 Å². The van der Waals surface area contributed by atoms with Gasteiger partial charge < -0.3 is 29.9 Å². The van der Waals surface area contributed by atoms with E-state index in [1.165, 1.54) is 0 Å². The summed E-state index contributed by atoms with van der Waals surface area (Å²) >= 11 is 0. The summed E-state index contributed by atoms with van der Waals surface area (Å²) in [6.07, 6.45) is 4.13. The van der Waals surface area contributed by atoms with Crippen LogP contribution in [0.2, 0.25) is 0 Å². The average molecular weight is 495 g/mol. The van der Waals surface area contributed by atoms with Crippen LogP contribution in [0.5, 0.6) is 5.75 Å². The van der Waals surface area contributed by atoms with Crippen molar-refractivity contribution >= 4 is 28.8 Å². The smallest absolute Gasteiger partial charge is 0.226 e. The van der Waals surface area contributed by atoms with Crippen LogP contribution < -0.4 is 10.6 Å². The van der Waals surface area contributed by atoms with Gasteiger partial charge in [0.2, 0.25) is 11.9 Å². The summed E-state index contributed by atoms with van der Waals surface area (Å²) in [5.41, 5.74) is 2.58. The van der Waals surface area contributed by atoms with Crippen molar-refractivity contribution < 1.29 is 14.6 Å². The van der Waals surface area contributed by atoms with E-state index in [0.717, 1.165) is 70.0 Å². The lowest BCUT2D eigenvalue weighted by atomic mass is 10.1. The van der Waals surface area contributed by atoms with E-state index in [1.807, 2.05) is 21.6 Å². The SMILES string of the molecule is O=C1CCCN1CCn1cnc2c(NCCc3ccc(O)cc3)nc(NCCN3CCOCC3)nc21. The fourth-order valence-corrected chi connectivity index (χ4v) is 4.62. The summed E-state index contributed by atoms with van der Waals surface area (Å²) in [4.78, 5) is 30.4. The molecule has 2 aliphatic rings. The highest BCUT2D eigenvalue weighted by atomic mass is 16.5. The van der Waals surface area contributed by atoms with Crippen LogP contribution in [0.25, 0.3) is 11.2 Å². The average Bonchev–Trinajstić information content (AvgIpc) is 3.50. The molecule has 3 aromatic rings. The number of amides is 1. The molecule has 3 N–H and O–H groups in total. The van der Waals surface area contributed by atoms with Gasteiger partial charge in [-0.2, -0.15) is 9.97 Å². The van der Waals surface area contributed by atoms with Crippen LogP contribution in [0.15, 0.2) is 30.6 Å². The minimum atomic E-state index is 0.219. The third-order valence-corrected chi connectivity index (χ3v) is 6.70. The summed E-state index contributed by atoms with van der Waals surface area (Å²) in [6, 6.07) is 7.22. The maximum absolute atomic E-state index is 12.0. The molecule has 36 heavy (non-hydrogen) atoms. The summed E-state index contributed by atoms with van der Waals surface area (Å²) in [6.45, 7) is 7.82. The second kappa shape index (κ2) is 11.5. The summed E-state index contributed by atoms with van der Waals surface area (Å²) < 4.78 is 7.43. The summed E-state index contributed by atoms with van der Waals surface area (Å²) in [5.74, 6) is 1.72. The fourth-order valence-electron chi connectivity index (χ4n) is 4.62. The Morgan fingerprint density at radius 3 is 2.58 bits per heavy atom. The van der Waals surface area contributed by atoms with E-state index >= 15 is 0 Å². The maximum atomic E-state index is 12.0. The number of carbonyl (C=O) groups excluding carboxylic acids is 1. The monoisotopic (exact) mass is 494 g/mol. The van der Waals surface area contributed by atoms with Crippen molar-refractivity contribution in [2.75, 3.05) is 69.7 Å². The highest BCUT2D eigenvalue weighted by Gasteiger charge is 2.20. The molecule has 192 valence electrons. The molecular weight excluding hydrogens is 460 g/mol. The lowest BCUT2D eigenvalue weighted by Gasteiger charge is -2.26. The van der Waals surface area contributed by atoms with Crippen molar-refractivity contribution in [3.05, 3.63) is 36.2 Å². The Kier molecular flexibility index (Phi) is 7.77. The van der Waals surface area contributed by atoms with Gasteiger partial charge in [0.15, 0.2) is 17.0 Å². The molecule has 2 aliphatic heterocycles. The molecule has 1 amide bonds. The molecule has 5 rings (SSSR count). The van der Waals surface area contributed by atoms with E-state index in [1.54, 1.807) is 18.5 Å². The number of hydrogen-bond acceptors (Lipinski definition) is 9. The van der Waals surface area contributed by atoms with Crippen LogP contribution in [0, 0.1) is 0 Å². The van der Waals surface area contributed by atoms with Gasteiger partial charge in [0.25, 0.3) is 0 Å². The molecular formula is C25H34N8O3. The van der Waals surface area contributed by atoms with Crippen LogP contribution in [0.3, 0.4) is 0 Å². The number of likely N-dealkylation sites (tertiary alicyclic amines) is 1. The van der Waals surface area contributed by atoms with Crippen LogP contribution in [0.1, 0.15) is 18.4 Å². The first-order valence-electron chi connectivity index (χ1n) is 12.7. The normalized spacial score (nSPS) is 16.7. The van der Waals surface area contributed by atoms with Crippen LogP contribution >= 0.6 is 0 Å². The molecule has 0 radical (unpaired) electrons. The van der Waals surface area contributed by atoms with Gasteiger partial charge in [0, 0.05) is 58.8 Å². The number of aromatic nitrogens is 4. The number of aromatic hydroxyl groups is 1. The number of nitrogens with one attached hydrogen (secondary N) is 2. The van der Waals surface area contributed by atoms with Gasteiger partial charge in [0.1, 0.15) is 5.75 Å². The Bertz CT molecular complexity index is 1160. The molecule has 2 fully saturated rings. The zero-order valence-corrected chi connectivity index (χ0v) is 20.5. The Hall–Kier alpha value is -3.44. The Morgan fingerprint density at radius 2 is 1.81 bits per heavy atom. The quantitative estimate of drug-likeness (QED) is 0.365. The third kappa shape index (κ3) is 6.03. The number of morpholine rings is 1. The minimum Gasteiger partial charge on any atom is -0.508 e. The molecule has 11 heteroatoms. The van der Waals surface area contributed by atoms with Crippen molar-refractivity contribution in [2.45, 2.75) is 25.8 Å². The second-order valence-corrected chi connectivity index (χ2v) is 9.21. The predicted octanol–water partition coefficient (Wildman–Crippen LogP) is 1.55. The molecule has 4 heterocycles. The number of rotatable bonds is 11. The number of hydrogen-bond donors (Lipinski definition) is 3. The summed E-state index contributed by atoms with van der Waals surface area (Å²) in [5, 5.41) is 16.3. The first-order chi connectivity index (χ1) is 17.7. The van der Waals surface area contributed by atoms with Gasteiger partial charge in [0.05, 0.1) is 19.5 Å². The molecule has 0 aliphatic carbocycles. The highest BCUT2D eigenvalue weighted by Crippen LogP contribution is 2.22. The van der Waals surface area contributed by atoms with E-state index in [2.05, 4.69) is 20.5 Å². The van der Waals surface area contributed by atoms with Gasteiger partial charge in [-0.1, -0.05) is 12.1 Å². The van der Waals surface area contributed by atoms with Crippen molar-refractivity contribution in [3.8, 4) is 5.75 Å². The van der Waals surface area contributed by atoms with Crippen LogP contribution in [0.4, 0.5) is 11.8 Å². The predicted molar refractivity (Wildman–Crippen MR) is 137 cm³/mol. The summed E-state index contributed by atoms with van der Waals surface area (Å²) in [7, 11) is 0. The van der Waals surface area contributed by atoms with Gasteiger partial charge >= 0.3 is 0 Å². The minimum absolute atomic E-state index is 0.219. The molecule has 2 saturated heterocycles. The lowest BCUT2D eigenvalue weighted by molar-refractivity contribution is -0.127. The standard InChI is InChI=1S/C25H34N8O3/c34-20-5-3-19(4-6-20)7-8-26-23-22-24(33(18-28-22)13-12-32-10-1-2-21(32)35)30-25(29-23)27-9-11-31-14-16-36-17-15-31/h3-6,18,34H,1-2,7-17H2,(H2,26,27,29,30). The number of benzene rings is 1. The van der Waals surface area contributed by atoms with E-state index in [0.29, 0.717) is 43.3 Å². The fraction of sp³-hybridized carbons (Fsp3) is 0.520. The zero-order chi connectivity index (χ0) is 24.7. The van der Waals surface area contributed by atoms with E-state index in [-0.39, 0.29) is 11.7 Å². The zero-order valence-electron chi connectivity index (χ0n) is 20.5. The van der Waals surface area contributed by atoms with Crippen molar-refractivity contribution in [3.63, 3.8) is 0 Å². The number of nitrogens with zero attached hydrogens (tertiary/aromatic N) is 6. The first-order valence-corrected chi connectivity index (χ1v) is 12.7. The number of ether oxygens (including phenoxy) is 1. The molecule has 0 unspecified atom stereocenters. The molecule has 0 bridgehead atoms. The largest absolute Gasteiger partial charge is 0.508 e. The number of phenolic OH excluding ortho intramolecular Hbond substituents is 1. The third-order valence-electron chi connectivity index (χ3n) is 6.70. The van der Waals surface area contributed by atoms with Crippen LogP contribution in [-0.4, -0.2) is 99.4 Å². The van der Waals surface area contributed by atoms with E-state index < -0.39 is 0 Å². The van der Waals surface area contributed by atoms with Crippen molar-refractivity contribution in [2.24, 2.45) is 0 Å². The molecule has 0 saturated carbocycles. The number of fused-ring (bicyclic) bond motifs is 1. The molecule has 1 aromatic carbocycles. The molecule has 0 spiro atoms. The number of carbonyl (C=O) groups is 1. The molecule has 11 nitrogen and oxygen atoms in total. The van der Waals surface area contributed by atoms with Crippen molar-refractivity contribution in [1.29, 1.82) is 0 Å². The number of imidazole rings is 1. The lowest BCUT2D eigenvalue weighted by Crippen LogP contribution is -2.39. The number of anilines is 2. The highest BCUT2D eigenvalue weighted by molar-refractivity contribution is 5.84. The van der Waals surface area contributed by atoms with Crippen LogP contribution in [-0.2, 0) is 22.5 Å². The van der Waals surface area contributed by atoms with Gasteiger partial charge in [-0.25, -0.2) is 4.98 Å². The second-order valence-electron chi connectivity index (χ2n) is 9.21. The Morgan fingerprint density at radius 1 is 0.972 bits per heavy atom. The van der Waals surface area contributed by atoms with Gasteiger partial charge in [-0.05, 0) is 30.5 Å². The van der Waals surface area contributed by atoms with Crippen molar-refractivity contribution in [1.82, 2.24) is 29.3 Å². The van der Waals surface area contributed by atoms with E-state index in [9.17, 15) is 9.90 Å². The Labute approximate surface area is 210 Å².